The van der Waals surface area contributed by atoms with Gasteiger partial charge in [0.2, 0.25) is 0 Å². The summed E-state index contributed by atoms with van der Waals surface area (Å²) in [6, 6.07) is 9.39. The quantitative estimate of drug-likeness (QED) is 0.587. The standard InChI is InChI=1S/C22H23Cl2FN4O2/c1-2-19(22(30)27-28-7-9-31-10-8-28)29-20-13-16(24)15(23)12-18(20)26-21(29)11-14-5-3-4-6-17(14)25/h3-6,12-13,19H,2,7-11H2,1H3,(H,27,30). The zero-order valence-electron chi connectivity index (χ0n) is 17.1. The van der Waals surface area contributed by atoms with E-state index in [9.17, 15) is 9.18 Å². The Balaban J connectivity index is 1.76. The summed E-state index contributed by atoms with van der Waals surface area (Å²) >= 11 is 12.5. The van der Waals surface area contributed by atoms with E-state index in [1.807, 2.05) is 16.5 Å². The van der Waals surface area contributed by atoms with Gasteiger partial charge in [-0.15, -0.1) is 0 Å². The smallest absolute Gasteiger partial charge is 0.257 e. The lowest BCUT2D eigenvalue weighted by Crippen LogP contribution is -2.50. The number of carbonyl (C=O) groups is 1. The number of aromatic nitrogens is 2. The molecule has 0 radical (unpaired) electrons. The topological polar surface area (TPSA) is 59.4 Å². The Morgan fingerprint density at radius 3 is 2.65 bits per heavy atom. The van der Waals surface area contributed by atoms with Crippen molar-refractivity contribution in [3.8, 4) is 0 Å². The van der Waals surface area contributed by atoms with Gasteiger partial charge >= 0.3 is 0 Å². The van der Waals surface area contributed by atoms with Crippen molar-refractivity contribution in [3.05, 3.63) is 63.6 Å². The second kappa shape index (κ2) is 9.53. The van der Waals surface area contributed by atoms with Gasteiger partial charge in [-0.05, 0) is 30.2 Å². The second-order valence-corrected chi connectivity index (χ2v) is 8.24. The number of carbonyl (C=O) groups excluding carboxylic acids is 1. The van der Waals surface area contributed by atoms with E-state index in [0.29, 0.717) is 65.2 Å². The van der Waals surface area contributed by atoms with E-state index in [1.165, 1.54) is 6.07 Å². The first kappa shape index (κ1) is 22.0. The number of halogens is 3. The van der Waals surface area contributed by atoms with Gasteiger partial charge < -0.3 is 9.30 Å². The van der Waals surface area contributed by atoms with E-state index >= 15 is 0 Å². The monoisotopic (exact) mass is 464 g/mol. The molecule has 9 heteroatoms. The third kappa shape index (κ3) is 4.70. The molecule has 1 saturated heterocycles. The minimum atomic E-state index is -0.549. The number of imidazole rings is 1. The summed E-state index contributed by atoms with van der Waals surface area (Å²) in [6.07, 6.45) is 0.754. The van der Waals surface area contributed by atoms with E-state index in [0.717, 1.165) is 0 Å². The number of amides is 1. The highest BCUT2D eigenvalue weighted by molar-refractivity contribution is 6.42. The summed E-state index contributed by atoms with van der Waals surface area (Å²) in [6.45, 7) is 4.31. The van der Waals surface area contributed by atoms with Gasteiger partial charge in [-0.1, -0.05) is 48.3 Å². The van der Waals surface area contributed by atoms with Crippen LogP contribution in [0.5, 0.6) is 0 Å². The summed E-state index contributed by atoms with van der Waals surface area (Å²) in [5, 5.41) is 2.60. The van der Waals surface area contributed by atoms with Gasteiger partial charge in [-0.25, -0.2) is 14.4 Å². The maximum atomic E-state index is 14.4. The lowest BCUT2D eigenvalue weighted by Gasteiger charge is -2.29. The Morgan fingerprint density at radius 1 is 1.23 bits per heavy atom. The molecule has 0 spiro atoms. The summed E-state index contributed by atoms with van der Waals surface area (Å²) in [5.74, 6) is 0.0926. The molecule has 3 aromatic rings. The summed E-state index contributed by atoms with van der Waals surface area (Å²) < 4.78 is 21.6. The highest BCUT2D eigenvalue weighted by atomic mass is 35.5. The average molecular weight is 465 g/mol. The van der Waals surface area contributed by atoms with Gasteiger partial charge in [0.05, 0.1) is 34.3 Å². The van der Waals surface area contributed by atoms with Gasteiger partial charge in [0.25, 0.3) is 5.91 Å². The number of ether oxygens (including phenoxy) is 1. The molecular formula is C22H23Cl2FN4O2. The van der Waals surface area contributed by atoms with Crippen molar-refractivity contribution in [2.75, 3.05) is 26.3 Å². The van der Waals surface area contributed by atoms with Crippen molar-refractivity contribution in [3.63, 3.8) is 0 Å². The molecule has 4 rings (SSSR count). The predicted octanol–water partition coefficient (Wildman–Crippen LogP) is 4.39. The molecule has 1 atom stereocenters. The van der Waals surface area contributed by atoms with E-state index in [4.69, 9.17) is 27.9 Å². The zero-order valence-corrected chi connectivity index (χ0v) is 18.6. The van der Waals surface area contributed by atoms with Crippen LogP contribution in [0.2, 0.25) is 10.0 Å². The van der Waals surface area contributed by atoms with Gasteiger partial charge in [-0.2, -0.15) is 0 Å². The predicted molar refractivity (Wildman–Crippen MR) is 119 cm³/mol. The first-order valence-electron chi connectivity index (χ1n) is 10.2. The Morgan fingerprint density at radius 2 is 1.94 bits per heavy atom. The molecule has 164 valence electrons. The van der Waals surface area contributed by atoms with Crippen molar-refractivity contribution in [1.29, 1.82) is 0 Å². The molecule has 1 unspecified atom stereocenters. The van der Waals surface area contributed by atoms with Crippen molar-refractivity contribution in [1.82, 2.24) is 20.0 Å². The molecule has 2 aromatic carbocycles. The van der Waals surface area contributed by atoms with Crippen molar-refractivity contribution >= 4 is 40.1 Å². The molecule has 0 aliphatic carbocycles. The van der Waals surface area contributed by atoms with Gasteiger partial charge in [-0.3, -0.25) is 10.2 Å². The number of rotatable bonds is 6. The van der Waals surface area contributed by atoms with Crippen molar-refractivity contribution < 1.29 is 13.9 Å². The third-order valence-corrected chi connectivity index (χ3v) is 6.11. The van der Waals surface area contributed by atoms with Crippen LogP contribution >= 0.6 is 23.2 Å². The average Bonchev–Trinajstić information content (AvgIpc) is 3.08. The number of nitrogens with zero attached hydrogens (tertiary/aromatic N) is 3. The van der Waals surface area contributed by atoms with E-state index in [2.05, 4.69) is 10.4 Å². The number of fused-ring (bicyclic) bond motifs is 1. The van der Waals surface area contributed by atoms with Crippen LogP contribution in [-0.4, -0.2) is 46.8 Å². The fourth-order valence-corrected chi connectivity index (χ4v) is 4.13. The van der Waals surface area contributed by atoms with E-state index in [1.54, 1.807) is 30.3 Å². The normalized spacial score (nSPS) is 15.9. The van der Waals surface area contributed by atoms with Crippen LogP contribution in [0, 0.1) is 5.82 Å². The van der Waals surface area contributed by atoms with Crippen molar-refractivity contribution in [2.45, 2.75) is 25.8 Å². The first-order chi connectivity index (χ1) is 15.0. The molecule has 6 nitrogen and oxygen atoms in total. The molecule has 1 fully saturated rings. The number of benzene rings is 2. The molecule has 1 aliphatic rings. The second-order valence-electron chi connectivity index (χ2n) is 7.42. The summed E-state index contributed by atoms with van der Waals surface area (Å²) in [5.41, 5.74) is 4.78. The lowest BCUT2D eigenvalue weighted by molar-refractivity contribution is -0.131. The number of hydrazine groups is 1. The first-order valence-corrected chi connectivity index (χ1v) is 11.0. The number of hydrogen-bond acceptors (Lipinski definition) is 4. The van der Waals surface area contributed by atoms with E-state index < -0.39 is 6.04 Å². The highest BCUT2D eigenvalue weighted by Crippen LogP contribution is 2.32. The van der Waals surface area contributed by atoms with Crippen LogP contribution < -0.4 is 5.43 Å². The van der Waals surface area contributed by atoms with Crippen LogP contribution in [0.3, 0.4) is 0 Å². The Bertz CT molecular complexity index is 1100. The van der Waals surface area contributed by atoms with Crippen LogP contribution in [0.25, 0.3) is 11.0 Å². The van der Waals surface area contributed by atoms with Crippen LogP contribution in [0.15, 0.2) is 36.4 Å². The van der Waals surface area contributed by atoms with Crippen LogP contribution in [0.1, 0.15) is 30.8 Å². The lowest BCUT2D eigenvalue weighted by atomic mass is 10.1. The maximum absolute atomic E-state index is 14.4. The van der Waals surface area contributed by atoms with Gasteiger partial charge in [0.1, 0.15) is 17.7 Å². The van der Waals surface area contributed by atoms with Gasteiger partial charge in [0, 0.05) is 19.5 Å². The largest absolute Gasteiger partial charge is 0.379 e. The minimum absolute atomic E-state index is 0.162. The Labute approximate surface area is 189 Å². The third-order valence-electron chi connectivity index (χ3n) is 5.39. The van der Waals surface area contributed by atoms with Crippen LogP contribution in [0.4, 0.5) is 4.39 Å². The molecular weight excluding hydrogens is 442 g/mol. The fraction of sp³-hybridized carbons (Fsp3) is 0.364. The number of morpholine rings is 1. The van der Waals surface area contributed by atoms with Crippen molar-refractivity contribution in [2.24, 2.45) is 0 Å². The summed E-state index contributed by atoms with van der Waals surface area (Å²) in [4.78, 5) is 17.9. The molecule has 1 aromatic heterocycles. The summed E-state index contributed by atoms with van der Waals surface area (Å²) in [7, 11) is 0. The van der Waals surface area contributed by atoms with Crippen LogP contribution in [-0.2, 0) is 16.0 Å². The van der Waals surface area contributed by atoms with Gasteiger partial charge in [0.15, 0.2) is 0 Å². The van der Waals surface area contributed by atoms with E-state index in [-0.39, 0.29) is 18.1 Å². The molecule has 31 heavy (non-hydrogen) atoms. The fourth-order valence-electron chi connectivity index (χ4n) is 3.82. The Hall–Kier alpha value is -2.19. The molecule has 1 amide bonds. The molecule has 0 saturated carbocycles. The minimum Gasteiger partial charge on any atom is -0.379 e. The zero-order chi connectivity index (χ0) is 22.0. The molecule has 0 bridgehead atoms. The highest BCUT2D eigenvalue weighted by Gasteiger charge is 2.27. The molecule has 1 aliphatic heterocycles. The maximum Gasteiger partial charge on any atom is 0.257 e. The number of hydrogen-bond donors (Lipinski definition) is 1. The SMILES string of the molecule is CCC(C(=O)NN1CCOCC1)n1c(Cc2ccccc2F)nc2cc(Cl)c(Cl)cc21. The molecule has 1 N–H and O–H groups in total. The molecule has 2 heterocycles. The Kier molecular flexibility index (Phi) is 6.77. The number of nitrogens with one attached hydrogen (secondary N) is 1.